The lowest BCUT2D eigenvalue weighted by atomic mass is 10.1. The Morgan fingerprint density at radius 3 is 2.72 bits per heavy atom. The Balaban J connectivity index is 1.50. The Morgan fingerprint density at radius 1 is 1.24 bits per heavy atom. The molecule has 5 nitrogen and oxygen atoms in total. The second-order valence-corrected chi connectivity index (χ2v) is 7.49. The number of anilines is 1. The predicted molar refractivity (Wildman–Crippen MR) is 96.9 cm³/mol. The van der Waals surface area contributed by atoms with Crippen molar-refractivity contribution >= 4 is 33.4 Å². The normalized spacial score (nSPS) is 20.1. The van der Waals surface area contributed by atoms with Gasteiger partial charge in [0.25, 0.3) is 0 Å². The average molecular weight is 403 g/mol. The summed E-state index contributed by atoms with van der Waals surface area (Å²) in [4.78, 5) is 29.1. The molecule has 0 spiro atoms. The first-order valence-electron chi connectivity index (χ1n) is 8.51. The molecule has 2 fully saturated rings. The summed E-state index contributed by atoms with van der Waals surface area (Å²) in [5, 5.41) is 0. The summed E-state index contributed by atoms with van der Waals surface area (Å²) in [5.74, 6) is 0.545. The van der Waals surface area contributed by atoms with Crippen LogP contribution in [0, 0.1) is 5.92 Å². The molecular formula is C19H19BrN2O3. The lowest BCUT2D eigenvalue weighted by Gasteiger charge is -2.25. The maximum Gasteiger partial charge on any atom is 0.228 e. The monoisotopic (exact) mass is 402 g/mol. The maximum absolute atomic E-state index is 13.1. The van der Waals surface area contributed by atoms with Crippen molar-refractivity contribution in [3.05, 3.63) is 52.9 Å². The van der Waals surface area contributed by atoms with E-state index in [1.54, 1.807) is 11.2 Å². The molecule has 2 aromatic rings. The number of benzene rings is 1. The van der Waals surface area contributed by atoms with E-state index in [-0.39, 0.29) is 30.2 Å². The van der Waals surface area contributed by atoms with Crippen molar-refractivity contribution < 1.29 is 14.0 Å². The molecule has 0 radical (unpaired) electrons. The van der Waals surface area contributed by atoms with Crippen LogP contribution in [0.15, 0.2) is 51.6 Å². The van der Waals surface area contributed by atoms with Crippen molar-refractivity contribution in [2.24, 2.45) is 5.92 Å². The molecule has 1 aromatic carbocycles. The molecule has 4 rings (SSSR count). The average Bonchev–Trinajstić information content (AvgIpc) is 3.17. The molecule has 1 saturated carbocycles. The third-order valence-corrected chi connectivity index (χ3v) is 5.47. The van der Waals surface area contributed by atoms with E-state index in [4.69, 9.17) is 4.42 Å². The van der Waals surface area contributed by atoms with Crippen LogP contribution in [0.4, 0.5) is 5.69 Å². The van der Waals surface area contributed by atoms with E-state index in [1.807, 2.05) is 41.3 Å². The van der Waals surface area contributed by atoms with Gasteiger partial charge in [0.1, 0.15) is 5.76 Å². The first-order chi connectivity index (χ1) is 12.1. The molecule has 1 atom stereocenters. The molecule has 0 bridgehead atoms. The van der Waals surface area contributed by atoms with E-state index < -0.39 is 0 Å². The third-order valence-electron chi connectivity index (χ3n) is 4.79. The topological polar surface area (TPSA) is 53.8 Å². The van der Waals surface area contributed by atoms with Crippen LogP contribution in [0.2, 0.25) is 0 Å². The van der Waals surface area contributed by atoms with Crippen LogP contribution >= 0.6 is 15.9 Å². The van der Waals surface area contributed by atoms with E-state index in [1.165, 1.54) is 0 Å². The number of carbonyl (C=O) groups is 2. The molecule has 0 N–H and O–H groups in total. The minimum atomic E-state index is -0.296. The maximum atomic E-state index is 13.1. The van der Waals surface area contributed by atoms with Gasteiger partial charge in [-0.1, -0.05) is 12.1 Å². The van der Waals surface area contributed by atoms with E-state index in [0.29, 0.717) is 13.1 Å². The van der Waals surface area contributed by atoms with Gasteiger partial charge in [0.15, 0.2) is 0 Å². The zero-order chi connectivity index (χ0) is 17.4. The van der Waals surface area contributed by atoms with Gasteiger partial charge in [0.05, 0.1) is 24.4 Å². The molecule has 1 aliphatic carbocycles. The van der Waals surface area contributed by atoms with Crippen molar-refractivity contribution in [1.29, 1.82) is 0 Å². The van der Waals surface area contributed by atoms with Crippen LogP contribution < -0.4 is 4.90 Å². The smallest absolute Gasteiger partial charge is 0.228 e. The minimum absolute atomic E-state index is 0.000930. The summed E-state index contributed by atoms with van der Waals surface area (Å²) in [6.45, 7) is 0.915. The lowest BCUT2D eigenvalue weighted by Crippen LogP contribution is -2.38. The highest BCUT2D eigenvalue weighted by Crippen LogP contribution is 2.35. The van der Waals surface area contributed by atoms with Gasteiger partial charge in [0.2, 0.25) is 11.8 Å². The number of rotatable bonds is 5. The van der Waals surface area contributed by atoms with E-state index >= 15 is 0 Å². The minimum Gasteiger partial charge on any atom is -0.467 e. The molecule has 1 saturated heterocycles. The fourth-order valence-corrected chi connectivity index (χ4v) is 3.85. The summed E-state index contributed by atoms with van der Waals surface area (Å²) in [6.07, 6.45) is 3.95. The van der Waals surface area contributed by atoms with Gasteiger partial charge in [-0.25, -0.2) is 0 Å². The van der Waals surface area contributed by atoms with E-state index in [2.05, 4.69) is 15.9 Å². The fraction of sp³-hybridized carbons (Fsp3) is 0.368. The first kappa shape index (κ1) is 16.4. The number of carbonyl (C=O) groups excluding carboxylic acids is 2. The molecule has 130 valence electrons. The highest BCUT2D eigenvalue weighted by atomic mass is 79.9. The molecule has 2 amide bonds. The number of nitrogens with zero attached hydrogens (tertiary/aromatic N) is 2. The van der Waals surface area contributed by atoms with Crippen molar-refractivity contribution in [1.82, 2.24) is 4.90 Å². The second-order valence-electron chi connectivity index (χ2n) is 6.63. The summed E-state index contributed by atoms with van der Waals surface area (Å²) in [5.41, 5.74) is 0.826. The predicted octanol–water partition coefficient (Wildman–Crippen LogP) is 3.59. The molecule has 2 aliphatic rings. The SMILES string of the molecule is O=C1CC(C(=O)N(Cc2ccco2)C2CC2)CN1c1ccccc1Br. The van der Waals surface area contributed by atoms with Crippen molar-refractivity contribution in [2.75, 3.05) is 11.4 Å². The Hall–Kier alpha value is -2.08. The highest BCUT2D eigenvalue weighted by Gasteiger charge is 2.41. The number of hydrogen-bond acceptors (Lipinski definition) is 3. The van der Waals surface area contributed by atoms with E-state index in [9.17, 15) is 9.59 Å². The molecule has 25 heavy (non-hydrogen) atoms. The molecule has 1 unspecified atom stereocenters. The second kappa shape index (κ2) is 6.67. The number of halogens is 1. The van der Waals surface area contributed by atoms with Crippen LogP contribution in [-0.2, 0) is 16.1 Å². The largest absolute Gasteiger partial charge is 0.467 e. The van der Waals surface area contributed by atoms with Crippen LogP contribution in [0.5, 0.6) is 0 Å². The molecule has 1 aromatic heterocycles. The van der Waals surface area contributed by atoms with Gasteiger partial charge in [-0.3, -0.25) is 9.59 Å². The van der Waals surface area contributed by atoms with Gasteiger partial charge >= 0.3 is 0 Å². The van der Waals surface area contributed by atoms with E-state index in [0.717, 1.165) is 28.8 Å². The number of para-hydroxylation sites is 1. The number of furan rings is 1. The highest BCUT2D eigenvalue weighted by molar-refractivity contribution is 9.10. The quantitative estimate of drug-likeness (QED) is 0.767. The van der Waals surface area contributed by atoms with Crippen LogP contribution in [0.3, 0.4) is 0 Å². The van der Waals surface area contributed by atoms with Gasteiger partial charge < -0.3 is 14.2 Å². The summed E-state index contributed by atoms with van der Waals surface area (Å²) in [6, 6.07) is 11.6. The zero-order valence-corrected chi connectivity index (χ0v) is 15.3. The lowest BCUT2D eigenvalue weighted by molar-refractivity contribution is -0.137. The van der Waals surface area contributed by atoms with Crippen LogP contribution in [0.25, 0.3) is 0 Å². The zero-order valence-electron chi connectivity index (χ0n) is 13.7. The van der Waals surface area contributed by atoms with Crippen molar-refractivity contribution in [3.63, 3.8) is 0 Å². The Bertz CT molecular complexity index is 786. The van der Waals surface area contributed by atoms with Gasteiger partial charge in [0, 0.05) is 23.5 Å². The standard InChI is InChI=1S/C19H19BrN2O3/c20-16-5-1-2-6-17(16)22-11-13(10-18(22)23)19(24)21(14-7-8-14)12-15-4-3-9-25-15/h1-6,9,13-14H,7-8,10-12H2. The van der Waals surface area contributed by atoms with Crippen LogP contribution in [0.1, 0.15) is 25.0 Å². The van der Waals surface area contributed by atoms with Crippen molar-refractivity contribution in [2.45, 2.75) is 31.8 Å². The first-order valence-corrected chi connectivity index (χ1v) is 9.30. The Kier molecular flexibility index (Phi) is 4.37. The summed E-state index contributed by atoms with van der Waals surface area (Å²) >= 11 is 3.49. The summed E-state index contributed by atoms with van der Waals surface area (Å²) < 4.78 is 6.27. The van der Waals surface area contributed by atoms with Crippen LogP contribution in [-0.4, -0.2) is 29.3 Å². The molecule has 1 aliphatic heterocycles. The fourth-order valence-electron chi connectivity index (χ4n) is 3.35. The molecule has 6 heteroatoms. The number of hydrogen-bond donors (Lipinski definition) is 0. The van der Waals surface area contributed by atoms with Gasteiger partial charge in [-0.2, -0.15) is 0 Å². The third kappa shape index (κ3) is 3.35. The summed E-state index contributed by atoms with van der Waals surface area (Å²) in [7, 11) is 0. The van der Waals surface area contributed by atoms with Gasteiger partial charge in [-0.15, -0.1) is 0 Å². The molecular weight excluding hydrogens is 384 g/mol. The Labute approximate surface area is 154 Å². The van der Waals surface area contributed by atoms with Gasteiger partial charge in [-0.05, 0) is 53.0 Å². The van der Waals surface area contributed by atoms with Crippen molar-refractivity contribution in [3.8, 4) is 0 Å². The Morgan fingerprint density at radius 2 is 2.04 bits per heavy atom. The number of amides is 2. The molecule has 2 heterocycles.